The van der Waals surface area contributed by atoms with Gasteiger partial charge >= 0.3 is 0 Å². The van der Waals surface area contributed by atoms with E-state index in [1.54, 1.807) is 29.8 Å². The summed E-state index contributed by atoms with van der Waals surface area (Å²) in [5.74, 6) is 0.297. The molecule has 8 heteroatoms. The Morgan fingerprint density at radius 2 is 1.92 bits per heavy atom. The van der Waals surface area contributed by atoms with Crippen LogP contribution in [0.3, 0.4) is 0 Å². The van der Waals surface area contributed by atoms with E-state index in [0.29, 0.717) is 16.4 Å². The lowest BCUT2D eigenvalue weighted by Crippen LogP contribution is -2.49. The molecule has 1 fully saturated rings. The van der Waals surface area contributed by atoms with Crippen LogP contribution in [0.1, 0.15) is 43.5 Å². The molecule has 2 aromatic rings. The number of ether oxygens (including phenoxy) is 1. The van der Waals surface area contributed by atoms with Crippen molar-refractivity contribution in [3.8, 4) is 5.75 Å². The van der Waals surface area contributed by atoms with Crippen molar-refractivity contribution in [2.45, 2.75) is 45.2 Å². The molecule has 2 amide bonds. The Kier molecular flexibility index (Phi) is 5.82. The normalized spacial score (nSPS) is 19.8. The second-order valence-corrected chi connectivity index (χ2v) is 7.27. The number of hydrogen-bond acceptors (Lipinski definition) is 6. The first-order chi connectivity index (χ1) is 12.5. The van der Waals surface area contributed by atoms with Gasteiger partial charge in [-0.2, -0.15) is 0 Å². The number of carbonyl (C=O) groups excluding carboxylic acids is 2. The van der Waals surface area contributed by atoms with Crippen molar-refractivity contribution in [2.24, 2.45) is 0 Å². The molecule has 0 aliphatic carbocycles. The van der Waals surface area contributed by atoms with Crippen LogP contribution in [0.25, 0.3) is 0 Å². The molecule has 0 unspecified atom stereocenters. The number of benzene rings is 1. The van der Waals surface area contributed by atoms with Crippen LogP contribution in [-0.2, 0) is 4.79 Å². The van der Waals surface area contributed by atoms with Gasteiger partial charge in [0.2, 0.25) is 5.13 Å². The summed E-state index contributed by atoms with van der Waals surface area (Å²) >= 11 is 1.25. The molecule has 1 aromatic carbocycles. The topological polar surface area (TPSA) is 84.4 Å². The van der Waals surface area contributed by atoms with Gasteiger partial charge in [0.25, 0.3) is 11.8 Å². The van der Waals surface area contributed by atoms with Gasteiger partial charge in [0.05, 0.1) is 0 Å². The van der Waals surface area contributed by atoms with Crippen molar-refractivity contribution >= 4 is 28.3 Å². The van der Waals surface area contributed by atoms with Crippen molar-refractivity contribution in [3.63, 3.8) is 0 Å². The van der Waals surface area contributed by atoms with E-state index in [9.17, 15) is 9.59 Å². The van der Waals surface area contributed by atoms with E-state index in [2.05, 4.69) is 29.4 Å². The van der Waals surface area contributed by atoms with Gasteiger partial charge in [-0.25, -0.2) is 0 Å². The standard InChI is InChI=1S/C18H22N4O3S/c1-12-4-3-5-13(2)22(12)16(23)10-25-15-8-6-14(7-9-15)17(24)20-18-21-19-11-26-18/h6-9,11-13H,3-5,10H2,1-2H3,(H,20,21,24)/t12-,13+. The van der Waals surface area contributed by atoms with Crippen molar-refractivity contribution in [2.75, 3.05) is 11.9 Å². The third-order valence-electron chi connectivity index (χ3n) is 4.54. The van der Waals surface area contributed by atoms with Crippen LogP contribution in [0.4, 0.5) is 5.13 Å². The highest BCUT2D eigenvalue weighted by Gasteiger charge is 2.28. The predicted octanol–water partition coefficient (Wildman–Crippen LogP) is 2.96. The summed E-state index contributed by atoms with van der Waals surface area (Å²) < 4.78 is 5.62. The predicted molar refractivity (Wildman–Crippen MR) is 99.4 cm³/mol. The Balaban J connectivity index is 1.54. The lowest BCUT2D eigenvalue weighted by molar-refractivity contribution is -0.139. The van der Waals surface area contributed by atoms with Gasteiger partial charge in [0.1, 0.15) is 11.3 Å². The number of likely N-dealkylation sites (tertiary alicyclic amines) is 1. The Morgan fingerprint density at radius 1 is 1.23 bits per heavy atom. The maximum absolute atomic E-state index is 12.5. The van der Waals surface area contributed by atoms with E-state index in [4.69, 9.17) is 4.74 Å². The zero-order valence-electron chi connectivity index (χ0n) is 14.8. The van der Waals surface area contributed by atoms with Crippen molar-refractivity contribution in [1.29, 1.82) is 0 Å². The maximum Gasteiger partial charge on any atom is 0.260 e. The van der Waals surface area contributed by atoms with Crippen LogP contribution >= 0.6 is 11.3 Å². The summed E-state index contributed by atoms with van der Waals surface area (Å²) in [5, 5.41) is 10.6. The van der Waals surface area contributed by atoms with Gasteiger partial charge in [-0.05, 0) is 57.4 Å². The third kappa shape index (κ3) is 4.37. The van der Waals surface area contributed by atoms with Gasteiger partial charge < -0.3 is 9.64 Å². The molecular weight excluding hydrogens is 352 g/mol. The van der Waals surface area contributed by atoms with Crippen molar-refractivity contribution < 1.29 is 14.3 Å². The zero-order valence-corrected chi connectivity index (χ0v) is 15.7. The summed E-state index contributed by atoms with van der Waals surface area (Å²) in [6.07, 6.45) is 3.23. The molecule has 0 bridgehead atoms. The number of hydrogen-bond donors (Lipinski definition) is 1. The van der Waals surface area contributed by atoms with E-state index in [1.807, 2.05) is 4.90 Å². The minimum atomic E-state index is -0.264. The molecule has 2 atom stereocenters. The van der Waals surface area contributed by atoms with Crippen LogP contribution in [0.15, 0.2) is 29.8 Å². The Bertz CT molecular complexity index is 738. The average molecular weight is 374 g/mol. The molecule has 1 aliphatic heterocycles. The molecule has 1 aromatic heterocycles. The van der Waals surface area contributed by atoms with Crippen LogP contribution in [-0.4, -0.2) is 45.6 Å². The first kappa shape index (κ1) is 18.3. The SMILES string of the molecule is C[C@@H]1CCC[C@H](C)N1C(=O)COc1ccc(C(=O)Nc2nncs2)cc1. The van der Waals surface area contributed by atoms with Crippen LogP contribution in [0.5, 0.6) is 5.75 Å². The molecule has 0 saturated carbocycles. The average Bonchev–Trinajstić information content (AvgIpc) is 3.13. The van der Waals surface area contributed by atoms with Crippen LogP contribution < -0.4 is 10.1 Å². The summed E-state index contributed by atoms with van der Waals surface area (Å²) in [6, 6.07) is 7.18. The number of piperidine rings is 1. The molecule has 7 nitrogen and oxygen atoms in total. The fourth-order valence-electron chi connectivity index (χ4n) is 3.23. The number of carbonyl (C=O) groups is 2. The maximum atomic E-state index is 12.5. The fraction of sp³-hybridized carbons (Fsp3) is 0.444. The lowest BCUT2D eigenvalue weighted by atomic mass is 9.97. The molecule has 1 aliphatic rings. The Hall–Kier alpha value is -2.48. The van der Waals surface area contributed by atoms with E-state index < -0.39 is 0 Å². The first-order valence-electron chi connectivity index (χ1n) is 8.66. The molecule has 1 saturated heterocycles. The number of amides is 2. The number of nitrogens with zero attached hydrogens (tertiary/aromatic N) is 3. The molecule has 0 spiro atoms. The number of rotatable bonds is 5. The first-order valence-corrected chi connectivity index (χ1v) is 9.54. The van der Waals surface area contributed by atoms with Gasteiger partial charge in [0.15, 0.2) is 6.61 Å². The van der Waals surface area contributed by atoms with Gasteiger partial charge in [0, 0.05) is 17.6 Å². The summed E-state index contributed by atoms with van der Waals surface area (Å²) in [7, 11) is 0. The molecule has 0 radical (unpaired) electrons. The van der Waals surface area contributed by atoms with Gasteiger partial charge in [-0.3, -0.25) is 14.9 Å². The van der Waals surface area contributed by atoms with Crippen LogP contribution in [0.2, 0.25) is 0 Å². The minimum absolute atomic E-state index is 0.00258. The Morgan fingerprint density at radius 3 is 2.54 bits per heavy atom. The summed E-state index contributed by atoms with van der Waals surface area (Å²) in [4.78, 5) is 26.5. The quantitative estimate of drug-likeness (QED) is 0.870. The highest BCUT2D eigenvalue weighted by molar-refractivity contribution is 7.13. The van der Waals surface area contributed by atoms with E-state index >= 15 is 0 Å². The highest BCUT2D eigenvalue weighted by Crippen LogP contribution is 2.23. The van der Waals surface area contributed by atoms with Gasteiger partial charge in [-0.1, -0.05) is 11.3 Å². The fourth-order valence-corrected chi connectivity index (χ4v) is 3.67. The Labute approximate surface area is 156 Å². The lowest BCUT2D eigenvalue weighted by Gasteiger charge is -2.38. The number of anilines is 1. The number of aromatic nitrogens is 2. The minimum Gasteiger partial charge on any atom is -0.484 e. The molecule has 26 heavy (non-hydrogen) atoms. The molecule has 2 heterocycles. The summed E-state index contributed by atoms with van der Waals surface area (Å²) in [5.41, 5.74) is 2.03. The van der Waals surface area contributed by atoms with Crippen molar-refractivity contribution in [1.82, 2.24) is 15.1 Å². The van der Waals surface area contributed by atoms with E-state index in [1.165, 1.54) is 11.3 Å². The monoisotopic (exact) mass is 374 g/mol. The summed E-state index contributed by atoms with van der Waals surface area (Å²) in [6.45, 7) is 4.17. The highest BCUT2D eigenvalue weighted by atomic mass is 32.1. The smallest absolute Gasteiger partial charge is 0.260 e. The van der Waals surface area contributed by atoms with E-state index in [0.717, 1.165) is 19.3 Å². The molecule has 138 valence electrons. The van der Waals surface area contributed by atoms with Crippen LogP contribution in [0, 0.1) is 0 Å². The second kappa shape index (κ2) is 8.27. The molecule has 3 rings (SSSR count). The molecular formula is C18H22N4O3S. The van der Waals surface area contributed by atoms with Gasteiger partial charge in [-0.15, -0.1) is 10.2 Å². The molecule has 1 N–H and O–H groups in total. The van der Waals surface area contributed by atoms with Crippen molar-refractivity contribution in [3.05, 3.63) is 35.3 Å². The second-order valence-electron chi connectivity index (χ2n) is 6.44. The zero-order chi connectivity index (χ0) is 18.5. The third-order valence-corrected chi connectivity index (χ3v) is 5.15. The largest absolute Gasteiger partial charge is 0.484 e. The number of nitrogens with one attached hydrogen (secondary N) is 1. The van der Waals surface area contributed by atoms with E-state index in [-0.39, 0.29) is 30.5 Å².